The Balaban J connectivity index is 1.21. The van der Waals surface area contributed by atoms with Gasteiger partial charge in [0.15, 0.2) is 0 Å². The van der Waals surface area contributed by atoms with E-state index >= 15 is 0 Å². The predicted molar refractivity (Wildman–Crippen MR) is 244 cm³/mol. The average Bonchev–Trinajstić information content (AvgIpc) is 3.69. The van der Waals surface area contributed by atoms with Gasteiger partial charge in [0.2, 0.25) is 0 Å². The molecule has 4 atom stereocenters. The highest BCUT2D eigenvalue weighted by molar-refractivity contribution is 7.75. The summed E-state index contributed by atoms with van der Waals surface area (Å²) < 4.78 is 9.01. The largest absolute Gasteiger partial charge is 0.497 e. The van der Waals surface area contributed by atoms with E-state index in [1.807, 2.05) is 7.11 Å². The molecule has 5 aromatic carbocycles. The van der Waals surface area contributed by atoms with Crippen LogP contribution < -0.4 is 20.4 Å². The fraction of sp³-hybridized carbons (Fsp3) is 0.388. The van der Waals surface area contributed by atoms with Gasteiger partial charge in [-0.2, -0.15) is 0 Å². The zero-order valence-electron chi connectivity index (χ0n) is 33.5. The van der Waals surface area contributed by atoms with Gasteiger partial charge in [-0.25, -0.2) is 0 Å². The van der Waals surface area contributed by atoms with E-state index in [9.17, 15) is 0 Å². The second-order valence-electron chi connectivity index (χ2n) is 14.9. The summed E-state index contributed by atoms with van der Waals surface area (Å²) in [5.41, 5.74) is 7.03. The Kier molecular flexibility index (Phi) is 17.3. The van der Waals surface area contributed by atoms with E-state index in [1.165, 1.54) is 78.4 Å². The second kappa shape index (κ2) is 22.7. The topological polar surface area (TPSA) is 24.5 Å². The summed E-state index contributed by atoms with van der Waals surface area (Å²) >= 11 is 0. The molecular formula is C49H63N2OP3. The molecule has 0 saturated carbocycles. The number of aryl methyl sites for hydroxylation is 2. The van der Waals surface area contributed by atoms with E-state index in [0.29, 0.717) is 11.3 Å². The van der Waals surface area contributed by atoms with Gasteiger partial charge in [0, 0.05) is 17.9 Å². The number of unbranched alkanes of at least 4 members (excludes halogenated alkanes) is 2. The zero-order chi connectivity index (χ0) is 38.1. The third-order valence-corrected chi connectivity index (χ3v) is 19.9. The van der Waals surface area contributed by atoms with Crippen LogP contribution in [0.25, 0.3) is 0 Å². The molecule has 1 fully saturated rings. The quantitative estimate of drug-likeness (QED) is 0.0558. The molecule has 1 N–H and O–H groups in total. The standard InChI is InChI=1S/C49H63N2OP3/c1-4-6-36-53(46-28-16-10-17-29-46)50-34-20-22-41-38-42(40-45(39-41)52-3)23-21-35-51(54(37-7-5-2)47-30-18-11-19-31-47)55-48(43-24-12-8-13-25-43)32-33-49(55)44-26-14-9-15-27-44/h8-19,24-31,38-40,48-50H,4-7,20-23,32-37H2,1-3H3/t48-,49-,53?,54?/m1/s1. The third-order valence-electron chi connectivity index (χ3n) is 10.9. The van der Waals surface area contributed by atoms with Gasteiger partial charge in [-0.05, 0) is 139 Å². The number of hydrogen-bond acceptors (Lipinski definition) is 3. The van der Waals surface area contributed by atoms with E-state index in [4.69, 9.17) is 4.74 Å². The molecular weight excluding hydrogens is 725 g/mol. The lowest BCUT2D eigenvalue weighted by atomic mass is 10.0. The highest BCUT2D eigenvalue weighted by atomic mass is 31.2. The van der Waals surface area contributed by atoms with Crippen LogP contribution in [0.1, 0.15) is 98.8 Å². The summed E-state index contributed by atoms with van der Waals surface area (Å²) in [6, 6.07) is 52.7. The van der Waals surface area contributed by atoms with Gasteiger partial charge in [-0.1, -0.05) is 154 Å². The highest BCUT2D eigenvalue weighted by Gasteiger charge is 2.43. The third kappa shape index (κ3) is 12.1. The van der Waals surface area contributed by atoms with Crippen LogP contribution in [0, 0.1) is 0 Å². The Morgan fingerprint density at radius 3 is 1.67 bits per heavy atom. The van der Waals surface area contributed by atoms with Gasteiger partial charge in [-0.15, -0.1) is 0 Å². The van der Waals surface area contributed by atoms with Crippen LogP contribution in [0.2, 0.25) is 0 Å². The zero-order valence-corrected chi connectivity index (χ0v) is 36.2. The molecule has 1 heterocycles. The van der Waals surface area contributed by atoms with E-state index < -0.39 is 16.1 Å². The van der Waals surface area contributed by atoms with Crippen molar-refractivity contribution >= 4 is 34.8 Å². The van der Waals surface area contributed by atoms with Gasteiger partial charge < -0.3 is 4.74 Å². The maximum atomic E-state index is 5.90. The first-order chi connectivity index (χ1) is 27.2. The molecule has 0 aliphatic carbocycles. The highest BCUT2D eigenvalue weighted by Crippen LogP contribution is 2.76. The molecule has 0 bridgehead atoms. The Labute approximate surface area is 337 Å². The van der Waals surface area contributed by atoms with Crippen LogP contribution in [-0.2, 0) is 12.8 Å². The van der Waals surface area contributed by atoms with E-state index in [1.54, 1.807) is 5.30 Å². The Morgan fingerprint density at radius 1 is 0.618 bits per heavy atom. The van der Waals surface area contributed by atoms with E-state index in [-0.39, 0.29) is 8.07 Å². The van der Waals surface area contributed by atoms with Crippen molar-refractivity contribution in [1.29, 1.82) is 0 Å². The monoisotopic (exact) mass is 788 g/mol. The van der Waals surface area contributed by atoms with Gasteiger partial charge >= 0.3 is 0 Å². The minimum absolute atomic E-state index is 0.316. The summed E-state index contributed by atoms with van der Waals surface area (Å²) in [7, 11) is 0.569. The minimum atomic E-state index is -0.471. The Hall–Kier alpha value is -2.89. The van der Waals surface area contributed by atoms with E-state index in [2.05, 4.69) is 163 Å². The first-order valence-corrected chi connectivity index (χ1v) is 25.3. The van der Waals surface area contributed by atoms with Crippen molar-refractivity contribution in [2.24, 2.45) is 0 Å². The van der Waals surface area contributed by atoms with Crippen molar-refractivity contribution in [3.05, 3.63) is 162 Å². The normalized spacial score (nSPS) is 17.0. The van der Waals surface area contributed by atoms with Crippen molar-refractivity contribution in [2.75, 3.05) is 32.5 Å². The summed E-state index contributed by atoms with van der Waals surface area (Å²) in [6.45, 7) is 6.82. The first kappa shape index (κ1) is 41.7. The van der Waals surface area contributed by atoms with Gasteiger partial charge in [0.25, 0.3) is 0 Å². The number of nitrogens with one attached hydrogen (secondary N) is 1. The summed E-state index contributed by atoms with van der Waals surface area (Å²) in [5, 5.41) is 6.97. The summed E-state index contributed by atoms with van der Waals surface area (Å²) in [5.74, 6) is 0.995. The molecule has 2 unspecified atom stereocenters. The molecule has 1 saturated heterocycles. The van der Waals surface area contributed by atoms with Crippen LogP contribution in [0.15, 0.2) is 140 Å². The summed E-state index contributed by atoms with van der Waals surface area (Å²) in [4.78, 5) is 0. The van der Waals surface area contributed by atoms with Crippen LogP contribution >= 0.6 is 24.2 Å². The molecule has 290 valence electrons. The molecule has 5 aromatic rings. The van der Waals surface area contributed by atoms with Crippen molar-refractivity contribution in [3.63, 3.8) is 0 Å². The minimum Gasteiger partial charge on any atom is -0.497 e. The van der Waals surface area contributed by atoms with Crippen LogP contribution in [0.3, 0.4) is 0 Å². The fourth-order valence-corrected chi connectivity index (χ4v) is 18.1. The van der Waals surface area contributed by atoms with Crippen LogP contribution in [-0.4, -0.2) is 37.0 Å². The van der Waals surface area contributed by atoms with Crippen molar-refractivity contribution in [2.45, 2.75) is 89.4 Å². The number of rotatable bonds is 22. The molecule has 3 nitrogen and oxygen atoms in total. The number of ether oxygens (including phenoxy) is 1. The number of nitrogens with zero attached hydrogens (tertiary/aromatic N) is 1. The molecule has 0 spiro atoms. The number of methoxy groups -OCH3 is 1. The lowest BCUT2D eigenvalue weighted by Gasteiger charge is -2.42. The maximum absolute atomic E-state index is 5.90. The Morgan fingerprint density at radius 2 is 1.13 bits per heavy atom. The number of benzene rings is 5. The second-order valence-corrected chi connectivity index (χ2v) is 22.1. The predicted octanol–water partition coefficient (Wildman–Crippen LogP) is 13.2. The lowest BCUT2D eigenvalue weighted by Crippen LogP contribution is -2.24. The van der Waals surface area contributed by atoms with E-state index in [0.717, 1.165) is 44.5 Å². The fourth-order valence-electron chi connectivity index (χ4n) is 8.04. The number of hydrogen-bond donors (Lipinski definition) is 1. The van der Waals surface area contributed by atoms with Crippen molar-refractivity contribution in [1.82, 2.24) is 9.53 Å². The molecule has 1 aliphatic rings. The van der Waals surface area contributed by atoms with Crippen molar-refractivity contribution < 1.29 is 4.74 Å². The molecule has 6 rings (SSSR count). The molecule has 0 aromatic heterocycles. The maximum Gasteiger partial charge on any atom is 0.119 e. The van der Waals surface area contributed by atoms with Crippen LogP contribution in [0.5, 0.6) is 5.75 Å². The molecule has 0 amide bonds. The molecule has 1 aliphatic heterocycles. The van der Waals surface area contributed by atoms with Gasteiger partial charge in [0.1, 0.15) is 5.75 Å². The first-order valence-electron chi connectivity index (χ1n) is 20.9. The molecule has 6 heteroatoms. The van der Waals surface area contributed by atoms with Crippen molar-refractivity contribution in [3.8, 4) is 5.75 Å². The molecule has 0 radical (unpaired) electrons. The van der Waals surface area contributed by atoms with Gasteiger partial charge in [0.05, 0.1) is 7.11 Å². The molecule has 55 heavy (non-hydrogen) atoms. The average molecular weight is 789 g/mol. The summed E-state index contributed by atoms with van der Waals surface area (Å²) in [6.07, 6.45) is 14.5. The smallest absolute Gasteiger partial charge is 0.119 e. The lowest BCUT2D eigenvalue weighted by molar-refractivity contribution is 0.413. The van der Waals surface area contributed by atoms with Gasteiger partial charge in [-0.3, -0.25) is 9.53 Å². The SMILES string of the molecule is CCCCP(NCCCc1cc(CCCN(P(CCCC)c2ccccc2)P2[C@@H](c3ccccc3)CC[C@@H]2c2ccccc2)cc(OC)c1)c1ccccc1. The van der Waals surface area contributed by atoms with Crippen LogP contribution in [0.4, 0.5) is 0 Å². The Bertz CT molecular complexity index is 1750.